The molecule has 0 saturated heterocycles. The third-order valence-electron chi connectivity index (χ3n) is 4.68. The largest absolute Gasteiger partial charge is 0.335 e. The molecule has 31 heavy (non-hydrogen) atoms. The number of aromatic amines is 1. The summed E-state index contributed by atoms with van der Waals surface area (Å²) < 4.78 is 14.5. The van der Waals surface area contributed by atoms with Gasteiger partial charge >= 0.3 is 0 Å². The number of H-pyrrole nitrogens is 1. The predicted molar refractivity (Wildman–Crippen MR) is 123 cm³/mol. The molecule has 1 aromatic carbocycles. The van der Waals surface area contributed by atoms with Gasteiger partial charge in [-0.15, -0.1) is 32.9 Å². The highest BCUT2D eigenvalue weighted by molar-refractivity contribution is 7.99. The molecule has 0 bridgehead atoms. The van der Waals surface area contributed by atoms with E-state index in [0.29, 0.717) is 32.6 Å². The molecule has 0 amide bonds. The van der Waals surface area contributed by atoms with Crippen molar-refractivity contribution in [2.24, 2.45) is 0 Å². The molecule has 0 aliphatic carbocycles. The summed E-state index contributed by atoms with van der Waals surface area (Å²) in [5, 5.41) is 13.0. The quantitative estimate of drug-likeness (QED) is 0.286. The van der Waals surface area contributed by atoms with Gasteiger partial charge in [0, 0.05) is 21.4 Å². The van der Waals surface area contributed by atoms with E-state index < -0.39 is 0 Å². The van der Waals surface area contributed by atoms with Crippen molar-refractivity contribution in [3.8, 4) is 21.8 Å². The second-order valence-corrected chi connectivity index (χ2v) is 9.81. The molecule has 156 valence electrons. The van der Waals surface area contributed by atoms with Gasteiger partial charge < -0.3 is 10.8 Å². The number of nitrogens with zero attached hydrogens (tertiary/aromatic N) is 4. The van der Waals surface area contributed by atoms with Crippen molar-refractivity contribution in [2.75, 3.05) is 5.84 Å². The summed E-state index contributed by atoms with van der Waals surface area (Å²) in [4.78, 5) is 22.1. The number of nitrogens with two attached hydrogens (primary N) is 1. The summed E-state index contributed by atoms with van der Waals surface area (Å²) in [6.07, 6.45) is 0. The van der Waals surface area contributed by atoms with Crippen LogP contribution in [0.5, 0.6) is 0 Å². The number of hydrogen-bond acceptors (Lipinski definition) is 8. The van der Waals surface area contributed by atoms with Crippen molar-refractivity contribution in [1.82, 2.24) is 24.8 Å². The van der Waals surface area contributed by atoms with Crippen LogP contribution in [0.1, 0.15) is 18.0 Å². The molecule has 1 unspecified atom stereocenters. The number of aromatic nitrogens is 5. The summed E-state index contributed by atoms with van der Waals surface area (Å²) in [5.74, 6) is 6.79. The van der Waals surface area contributed by atoms with Gasteiger partial charge in [0.1, 0.15) is 16.5 Å². The monoisotopic (exact) mass is 470 g/mol. The maximum atomic E-state index is 13.2. The van der Waals surface area contributed by atoms with Crippen molar-refractivity contribution < 1.29 is 4.39 Å². The van der Waals surface area contributed by atoms with Gasteiger partial charge in [0.05, 0.1) is 10.6 Å². The first kappa shape index (κ1) is 19.9. The van der Waals surface area contributed by atoms with Crippen molar-refractivity contribution in [1.29, 1.82) is 0 Å². The van der Waals surface area contributed by atoms with Crippen LogP contribution in [0.2, 0.25) is 0 Å². The minimum atomic E-state index is -0.337. The van der Waals surface area contributed by atoms with Gasteiger partial charge in [0.25, 0.3) is 5.56 Å². The molecule has 0 saturated carbocycles. The number of halogens is 1. The van der Waals surface area contributed by atoms with Gasteiger partial charge in [0.2, 0.25) is 5.16 Å². The number of benzene rings is 1. The summed E-state index contributed by atoms with van der Waals surface area (Å²) in [6, 6.07) is 9.82. The van der Waals surface area contributed by atoms with E-state index in [1.54, 1.807) is 23.5 Å². The van der Waals surface area contributed by atoms with E-state index in [1.807, 2.05) is 29.8 Å². The molecule has 5 rings (SSSR count). The third kappa shape index (κ3) is 3.64. The first-order chi connectivity index (χ1) is 15.0. The highest BCUT2D eigenvalue weighted by Crippen LogP contribution is 2.36. The van der Waals surface area contributed by atoms with Crippen molar-refractivity contribution in [3.05, 3.63) is 69.2 Å². The fourth-order valence-corrected chi connectivity index (χ4v) is 5.74. The second-order valence-electron chi connectivity index (χ2n) is 6.70. The molecular weight excluding hydrogens is 455 g/mol. The zero-order valence-corrected chi connectivity index (χ0v) is 18.5. The molecule has 0 aliphatic heterocycles. The van der Waals surface area contributed by atoms with Gasteiger partial charge in [-0.2, -0.15) is 0 Å². The Morgan fingerprint density at radius 1 is 1.19 bits per heavy atom. The Hall–Kier alpha value is -3.02. The normalized spacial score (nSPS) is 12.5. The van der Waals surface area contributed by atoms with E-state index >= 15 is 0 Å². The molecule has 11 heteroatoms. The first-order valence-electron chi connectivity index (χ1n) is 9.19. The lowest BCUT2D eigenvalue weighted by Gasteiger charge is -2.10. The van der Waals surface area contributed by atoms with Crippen LogP contribution >= 0.6 is 34.4 Å². The number of nitrogen functional groups attached to an aromatic ring is 1. The molecular formula is C20H15FN6OS3. The topological polar surface area (TPSA) is 102 Å². The zero-order valence-electron chi connectivity index (χ0n) is 16.1. The zero-order chi connectivity index (χ0) is 21.5. The number of hydrogen-bond donors (Lipinski definition) is 2. The Kier molecular flexibility index (Phi) is 5.08. The van der Waals surface area contributed by atoms with E-state index in [1.165, 1.54) is 39.9 Å². The molecule has 0 fully saturated rings. The Morgan fingerprint density at radius 2 is 2.00 bits per heavy atom. The van der Waals surface area contributed by atoms with Crippen molar-refractivity contribution in [2.45, 2.75) is 17.3 Å². The maximum Gasteiger partial charge on any atom is 0.260 e. The smallest absolute Gasteiger partial charge is 0.260 e. The van der Waals surface area contributed by atoms with E-state index in [9.17, 15) is 9.18 Å². The van der Waals surface area contributed by atoms with Crippen LogP contribution in [0.25, 0.3) is 32.0 Å². The lowest BCUT2D eigenvalue weighted by Crippen LogP contribution is -2.14. The summed E-state index contributed by atoms with van der Waals surface area (Å²) in [5.41, 5.74) is 1.39. The average molecular weight is 471 g/mol. The summed E-state index contributed by atoms with van der Waals surface area (Å²) >= 11 is 4.36. The number of nitrogens with one attached hydrogen (secondary N) is 1. The van der Waals surface area contributed by atoms with Crippen LogP contribution in [0.4, 0.5) is 4.39 Å². The van der Waals surface area contributed by atoms with Crippen LogP contribution in [0, 0.1) is 5.82 Å². The van der Waals surface area contributed by atoms with Gasteiger partial charge in [0.15, 0.2) is 5.82 Å². The van der Waals surface area contributed by atoms with Crippen molar-refractivity contribution in [3.63, 3.8) is 0 Å². The molecule has 0 radical (unpaired) electrons. The Balaban J connectivity index is 1.44. The van der Waals surface area contributed by atoms with E-state index in [-0.39, 0.29) is 16.6 Å². The second kappa shape index (κ2) is 7.91. The number of fused-ring (bicyclic) bond motifs is 1. The maximum absolute atomic E-state index is 13.2. The van der Waals surface area contributed by atoms with Crippen LogP contribution in [-0.4, -0.2) is 24.8 Å². The molecule has 1 atom stereocenters. The SMILES string of the molecule is CC(Sc1nnc(-c2ccc(F)cc2)n1N)c1nc2scc(-c3cccs3)c2c(=O)[nH]1. The Morgan fingerprint density at radius 3 is 2.74 bits per heavy atom. The minimum absolute atomic E-state index is 0.168. The van der Waals surface area contributed by atoms with Crippen LogP contribution in [0.15, 0.2) is 57.1 Å². The van der Waals surface area contributed by atoms with Gasteiger partial charge in [-0.25, -0.2) is 14.1 Å². The van der Waals surface area contributed by atoms with Gasteiger partial charge in [-0.3, -0.25) is 4.79 Å². The van der Waals surface area contributed by atoms with Crippen molar-refractivity contribution >= 4 is 44.7 Å². The number of thioether (sulfide) groups is 1. The van der Waals surface area contributed by atoms with Gasteiger partial charge in [-0.1, -0.05) is 17.8 Å². The average Bonchev–Trinajstić information content (AvgIpc) is 3.49. The molecule has 0 aliphatic rings. The van der Waals surface area contributed by atoms with Crippen LogP contribution in [0.3, 0.4) is 0 Å². The molecule has 0 spiro atoms. The van der Waals surface area contributed by atoms with E-state index in [4.69, 9.17) is 5.84 Å². The minimum Gasteiger partial charge on any atom is -0.335 e. The molecule has 5 aromatic rings. The Labute approximate surface area is 187 Å². The van der Waals surface area contributed by atoms with Crippen LogP contribution < -0.4 is 11.4 Å². The molecule has 4 heterocycles. The lowest BCUT2D eigenvalue weighted by atomic mass is 10.2. The summed E-state index contributed by atoms with van der Waals surface area (Å²) in [7, 11) is 0. The van der Waals surface area contributed by atoms with E-state index in [0.717, 1.165) is 10.4 Å². The highest BCUT2D eigenvalue weighted by atomic mass is 32.2. The molecule has 3 N–H and O–H groups in total. The Bertz CT molecular complexity index is 1420. The first-order valence-corrected chi connectivity index (χ1v) is 11.8. The number of thiophene rings is 2. The lowest BCUT2D eigenvalue weighted by molar-refractivity contribution is 0.628. The fraction of sp³-hybridized carbons (Fsp3) is 0.100. The predicted octanol–water partition coefficient (Wildman–Crippen LogP) is 4.68. The standard InChI is InChI=1S/C20H15FN6OS3/c1-10(31-20-26-25-17(27(20)22)11-4-6-12(21)7-5-11)16-23-18(28)15-13(9-30-19(15)24-16)14-3-2-8-29-14/h2-10H,22H2,1H3,(H,23,24,28). The molecule has 7 nitrogen and oxygen atoms in total. The fourth-order valence-electron chi connectivity index (χ4n) is 3.14. The van der Waals surface area contributed by atoms with E-state index in [2.05, 4.69) is 20.2 Å². The summed E-state index contributed by atoms with van der Waals surface area (Å²) in [6.45, 7) is 1.91. The number of rotatable bonds is 5. The molecule has 4 aromatic heterocycles. The van der Waals surface area contributed by atoms with Gasteiger partial charge in [-0.05, 0) is 42.6 Å². The highest BCUT2D eigenvalue weighted by Gasteiger charge is 2.20. The third-order valence-corrected chi connectivity index (χ3v) is 7.52. The van der Waals surface area contributed by atoms with Crippen LogP contribution in [-0.2, 0) is 0 Å².